The van der Waals surface area contributed by atoms with Crippen LogP contribution < -0.4 is 20.8 Å². The zero-order valence-corrected chi connectivity index (χ0v) is 17.0. The van der Waals surface area contributed by atoms with Crippen molar-refractivity contribution in [1.82, 2.24) is 14.8 Å². The third kappa shape index (κ3) is 3.07. The molecule has 3 aromatic carbocycles. The van der Waals surface area contributed by atoms with E-state index in [-0.39, 0.29) is 11.4 Å². The van der Waals surface area contributed by atoms with E-state index in [9.17, 15) is 4.79 Å². The first-order valence-electron chi connectivity index (χ1n) is 9.78. The highest BCUT2D eigenvalue weighted by molar-refractivity contribution is 6.06. The molecule has 5 aromatic rings. The second-order valence-corrected chi connectivity index (χ2v) is 7.23. The molecular weight excluding hydrogens is 392 g/mol. The van der Waals surface area contributed by atoms with Crippen LogP contribution in [0, 0.1) is 6.92 Å². The van der Waals surface area contributed by atoms with Crippen LogP contribution in [0.25, 0.3) is 27.5 Å². The zero-order chi connectivity index (χ0) is 21.5. The van der Waals surface area contributed by atoms with E-state index in [1.54, 1.807) is 11.8 Å². The van der Waals surface area contributed by atoms with Crippen molar-refractivity contribution in [1.29, 1.82) is 0 Å². The molecule has 7 nitrogen and oxygen atoms in total. The number of hydrogen-bond acceptors (Lipinski definition) is 5. The van der Waals surface area contributed by atoms with Gasteiger partial charge < -0.3 is 20.2 Å². The second-order valence-electron chi connectivity index (χ2n) is 7.23. The van der Waals surface area contributed by atoms with Crippen LogP contribution in [0.3, 0.4) is 0 Å². The lowest BCUT2D eigenvalue weighted by Crippen LogP contribution is -2.09. The van der Waals surface area contributed by atoms with E-state index in [1.165, 1.54) is 0 Å². The molecule has 31 heavy (non-hydrogen) atoms. The molecule has 154 valence electrons. The maximum absolute atomic E-state index is 12.7. The van der Waals surface area contributed by atoms with Crippen molar-refractivity contribution in [3.8, 4) is 22.9 Å². The molecule has 0 aliphatic carbocycles. The van der Waals surface area contributed by atoms with E-state index >= 15 is 0 Å². The summed E-state index contributed by atoms with van der Waals surface area (Å²) in [6, 6.07) is 20.7. The normalized spacial score (nSPS) is 11.2. The fourth-order valence-corrected chi connectivity index (χ4v) is 3.74. The number of ether oxygens (including phenoxy) is 2. The van der Waals surface area contributed by atoms with Gasteiger partial charge in [0.25, 0.3) is 5.56 Å². The molecule has 0 bridgehead atoms. The maximum atomic E-state index is 12.7. The maximum Gasteiger partial charge on any atom is 0.261 e. The summed E-state index contributed by atoms with van der Waals surface area (Å²) in [5, 5.41) is 5.89. The number of aromatic amines is 1. The van der Waals surface area contributed by atoms with Gasteiger partial charge in [0.2, 0.25) is 0 Å². The predicted octanol–water partition coefficient (Wildman–Crippen LogP) is 4.56. The molecule has 0 atom stereocenters. The van der Waals surface area contributed by atoms with Gasteiger partial charge in [-0.1, -0.05) is 36.4 Å². The number of fused-ring (bicyclic) bond motifs is 3. The summed E-state index contributed by atoms with van der Waals surface area (Å²) in [6.07, 6.45) is 0. The Morgan fingerprint density at radius 1 is 1.00 bits per heavy atom. The fourth-order valence-electron chi connectivity index (χ4n) is 3.74. The van der Waals surface area contributed by atoms with Crippen LogP contribution in [0.5, 0.6) is 17.2 Å². The Morgan fingerprint density at radius 2 is 1.74 bits per heavy atom. The number of H-pyrrole nitrogens is 1. The number of nitrogens with zero attached hydrogens (tertiary/aromatic N) is 2. The van der Waals surface area contributed by atoms with Crippen molar-refractivity contribution in [3.05, 3.63) is 82.6 Å². The summed E-state index contributed by atoms with van der Waals surface area (Å²) < 4.78 is 13.1. The van der Waals surface area contributed by atoms with Crippen molar-refractivity contribution in [2.45, 2.75) is 6.92 Å². The summed E-state index contributed by atoms with van der Waals surface area (Å²) in [7, 11) is 1.58. The number of benzene rings is 3. The minimum Gasteiger partial charge on any atom is -0.493 e. The molecule has 0 saturated heterocycles. The van der Waals surface area contributed by atoms with Gasteiger partial charge in [0.15, 0.2) is 11.5 Å². The first kappa shape index (κ1) is 18.7. The Hall–Kier alpha value is -4.26. The van der Waals surface area contributed by atoms with Crippen LogP contribution in [-0.4, -0.2) is 21.9 Å². The van der Waals surface area contributed by atoms with Crippen LogP contribution in [-0.2, 0) is 0 Å². The second kappa shape index (κ2) is 7.21. The largest absolute Gasteiger partial charge is 0.493 e. The Balaban J connectivity index is 1.70. The topological polar surface area (TPSA) is 95.2 Å². The number of nitrogens with one attached hydrogen (secondary N) is 1. The molecule has 2 heterocycles. The molecule has 5 rings (SSSR count). The summed E-state index contributed by atoms with van der Waals surface area (Å²) >= 11 is 0. The number of para-hydroxylation sites is 2. The molecule has 0 aliphatic rings. The summed E-state index contributed by atoms with van der Waals surface area (Å²) in [4.78, 5) is 15.6. The predicted molar refractivity (Wildman–Crippen MR) is 121 cm³/mol. The molecular formula is C24H20N4O3. The van der Waals surface area contributed by atoms with Crippen molar-refractivity contribution < 1.29 is 9.47 Å². The van der Waals surface area contributed by atoms with E-state index in [4.69, 9.17) is 20.3 Å². The number of pyridine rings is 1. The average molecular weight is 412 g/mol. The van der Waals surface area contributed by atoms with Crippen molar-refractivity contribution >= 4 is 27.6 Å². The molecule has 3 N–H and O–H groups in total. The lowest BCUT2D eigenvalue weighted by atomic mass is 10.1. The number of aromatic nitrogens is 3. The van der Waals surface area contributed by atoms with Crippen LogP contribution in [0.4, 0.5) is 5.82 Å². The van der Waals surface area contributed by atoms with Gasteiger partial charge in [-0.25, -0.2) is 4.68 Å². The molecule has 0 amide bonds. The van der Waals surface area contributed by atoms with Gasteiger partial charge in [0.1, 0.15) is 22.5 Å². The molecule has 0 unspecified atom stereocenters. The minimum absolute atomic E-state index is 0.267. The van der Waals surface area contributed by atoms with E-state index in [0.717, 1.165) is 10.9 Å². The lowest BCUT2D eigenvalue weighted by Gasteiger charge is -2.15. The SMILES string of the molecule is COc1cc(-n2nc3c(c2N)c(=O)[nH]c2ccccc23)c(C)cc1Oc1ccccc1. The Morgan fingerprint density at radius 3 is 2.52 bits per heavy atom. The van der Waals surface area contributed by atoms with Gasteiger partial charge in [0.05, 0.1) is 18.3 Å². The molecule has 0 aliphatic heterocycles. The first-order chi connectivity index (χ1) is 15.1. The summed E-state index contributed by atoms with van der Waals surface area (Å²) in [5.41, 5.74) is 8.96. The molecule has 0 radical (unpaired) electrons. The number of nitrogen functional groups attached to an aromatic ring is 1. The molecule has 7 heteroatoms. The van der Waals surface area contributed by atoms with Crippen LogP contribution in [0.15, 0.2) is 71.5 Å². The van der Waals surface area contributed by atoms with E-state index < -0.39 is 0 Å². The van der Waals surface area contributed by atoms with Crippen LogP contribution in [0.1, 0.15) is 5.56 Å². The number of anilines is 1. The zero-order valence-electron chi connectivity index (χ0n) is 17.0. The van der Waals surface area contributed by atoms with E-state index in [2.05, 4.69) is 4.98 Å². The van der Waals surface area contributed by atoms with Crippen LogP contribution in [0.2, 0.25) is 0 Å². The smallest absolute Gasteiger partial charge is 0.261 e. The van der Waals surface area contributed by atoms with Crippen molar-refractivity contribution in [3.63, 3.8) is 0 Å². The monoisotopic (exact) mass is 412 g/mol. The highest BCUT2D eigenvalue weighted by Crippen LogP contribution is 2.37. The number of hydrogen-bond donors (Lipinski definition) is 2. The highest BCUT2D eigenvalue weighted by Gasteiger charge is 2.19. The minimum atomic E-state index is -0.272. The van der Waals surface area contributed by atoms with Crippen LogP contribution >= 0.6 is 0 Å². The van der Waals surface area contributed by atoms with Crippen molar-refractivity contribution in [2.24, 2.45) is 0 Å². The Kier molecular flexibility index (Phi) is 4.36. The third-order valence-corrected chi connectivity index (χ3v) is 5.26. The summed E-state index contributed by atoms with van der Waals surface area (Å²) in [6.45, 7) is 1.93. The Labute approximate surface area is 177 Å². The number of rotatable bonds is 4. The average Bonchev–Trinajstić information content (AvgIpc) is 3.13. The van der Waals surface area contributed by atoms with E-state index in [0.29, 0.717) is 39.4 Å². The van der Waals surface area contributed by atoms with Gasteiger partial charge in [0, 0.05) is 11.5 Å². The molecule has 0 spiro atoms. The highest BCUT2D eigenvalue weighted by atomic mass is 16.5. The molecule has 2 aromatic heterocycles. The van der Waals surface area contributed by atoms with Gasteiger partial charge in [-0.05, 0) is 36.8 Å². The lowest BCUT2D eigenvalue weighted by molar-refractivity contribution is 0.378. The van der Waals surface area contributed by atoms with E-state index in [1.807, 2.05) is 73.7 Å². The molecule has 0 fully saturated rings. The van der Waals surface area contributed by atoms with Gasteiger partial charge in [-0.3, -0.25) is 4.79 Å². The third-order valence-electron chi connectivity index (χ3n) is 5.26. The van der Waals surface area contributed by atoms with Gasteiger partial charge in [-0.15, -0.1) is 0 Å². The Bertz CT molecular complexity index is 1490. The quantitative estimate of drug-likeness (QED) is 0.451. The molecule has 0 saturated carbocycles. The number of aryl methyl sites for hydroxylation is 1. The fraction of sp³-hybridized carbons (Fsp3) is 0.0833. The van der Waals surface area contributed by atoms with Crippen molar-refractivity contribution in [2.75, 3.05) is 12.8 Å². The first-order valence-corrected chi connectivity index (χ1v) is 9.78. The number of nitrogens with two attached hydrogens (primary N) is 1. The number of methoxy groups -OCH3 is 1. The van der Waals surface area contributed by atoms with Gasteiger partial charge >= 0.3 is 0 Å². The summed E-state index contributed by atoms with van der Waals surface area (Å²) in [5.74, 6) is 2.08. The van der Waals surface area contributed by atoms with Gasteiger partial charge in [-0.2, -0.15) is 5.10 Å². The standard InChI is InChI=1S/C24H20N4O3/c1-14-12-20(31-15-8-4-3-5-9-15)19(30-2)13-18(14)28-23(25)21-22(27-28)16-10-6-7-11-17(16)26-24(21)29/h3-13H,25H2,1-2H3,(H,26,29).